The summed E-state index contributed by atoms with van der Waals surface area (Å²) in [6, 6.07) is 7.73. The average molecular weight is 253 g/mol. The molecule has 3 rings (SSSR count). The number of aromatic nitrogens is 1. The maximum absolute atomic E-state index is 12.2. The number of benzene rings is 1. The second kappa shape index (κ2) is 4.84. The lowest BCUT2D eigenvalue weighted by atomic mass is 9.90. The van der Waals surface area contributed by atoms with Crippen LogP contribution < -0.4 is 0 Å². The number of aryl methyl sites for hydroxylation is 1. The van der Waals surface area contributed by atoms with Gasteiger partial charge in [-0.3, -0.25) is 4.98 Å². The molecule has 0 radical (unpaired) electrons. The lowest BCUT2D eigenvalue weighted by Crippen LogP contribution is -2.14. The van der Waals surface area contributed by atoms with Crippen molar-refractivity contribution in [3.8, 4) is 0 Å². The number of fused-ring (bicyclic) bond motifs is 2. The van der Waals surface area contributed by atoms with Crippen LogP contribution in [0, 0.1) is 0 Å². The van der Waals surface area contributed by atoms with Crippen molar-refractivity contribution in [1.82, 2.24) is 4.98 Å². The maximum Gasteiger partial charge on any atom is 0.343 e. The zero-order valence-corrected chi connectivity index (χ0v) is 10.7. The molecule has 0 saturated heterocycles. The molecular formula is C16H15NO2. The fraction of sp³-hybridized carbons (Fsp3) is 0.250. The number of hydrogen-bond acceptors (Lipinski definition) is 3. The molecule has 0 N–H and O–H groups in total. The Balaban J connectivity index is 2.30. The first-order chi connectivity index (χ1) is 9.31. The number of nitrogens with zero attached hydrogens (tertiary/aromatic N) is 1. The predicted molar refractivity (Wildman–Crippen MR) is 74.0 cm³/mol. The van der Waals surface area contributed by atoms with Crippen LogP contribution in [0.5, 0.6) is 0 Å². The van der Waals surface area contributed by atoms with E-state index in [1.54, 1.807) is 0 Å². The minimum Gasteiger partial charge on any atom is -0.432 e. The first kappa shape index (κ1) is 11.9. The lowest BCUT2D eigenvalue weighted by molar-refractivity contribution is 0.0664. The van der Waals surface area contributed by atoms with E-state index in [1.807, 2.05) is 24.3 Å². The highest BCUT2D eigenvalue weighted by Gasteiger charge is 2.22. The van der Waals surface area contributed by atoms with Crippen molar-refractivity contribution in [2.45, 2.75) is 25.7 Å². The van der Waals surface area contributed by atoms with E-state index in [0.29, 0.717) is 5.56 Å². The minimum absolute atomic E-state index is 0.327. The maximum atomic E-state index is 12.2. The van der Waals surface area contributed by atoms with Gasteiger partial charge >= 0.3 is 5.97 Å². The van der Waals surface area contributed by atoms with E-state index >= 15 is 0 Å². The van der Waals surface area contributed by atoms with Crippen LogP contribution in [0.15, 0.2) is 37.1 Å². The van der Waals surface area contributed by atoms with Crippen LogP contribution in [0.3, 0.4) is 0 Å². The van der Waals surface area contributed by atoms with Crippen molar-refractivity contribution in [1.29, 1.82) is 0 Å². The Hall–Kier alpha value is -2.16. The van der Waals surface area contributed by atoms with Crippen LogP contribution in [0.4, 0.5) is 0 Å². The Bertz CT molecular complexity index is 661. The number of carbonyl (C=O) groups excluding carboxylic acids is 1. The van der Waals surface area contributed by atoms with Gasteiger partial charge < -0.3 is 4.74 Å². The SMILES string of the molecule is C=COC(=O)c1c2c(nc3ccccc13)CCCC2. The summed E-state index contributed by atoms with van der Waals surface area (Å²) in [7, 11) is 0. The first-order valence-corrected chi connectivity index (χ1v) is 6.53. The standard InChI is InChI=1S/C16H15NO2/c1-2-19-16(18)15-11-7-3-5-9-13(11)17-14-10-6-4-8-12(14)15/h2-3,5,7,9H,1,4,6,8,10H2. The predicted octanol–water partition coefficient (Wildman–Crippen LogP) is 3.41. The molecule has 19 heavy (non-hydrogen) atoms. The Kier molecular flexibility index (Phi) is 3.03. The van der Waals surface area contributed by atoms with Crippen LogP contribution in [-0.4, -0.2) is 11.0 Å². The average Bonchev–Trinajstić information content (AvgIpc) is 2.44. The van der Waals surface area contributed by atoms with Crippen molar-refractivity contribution in [2.75, 3.05) is 0 Å². The molecule has 1 aliphatic carbocycles. The number of esters is 1. The molecule has 0 fully saturated rings. The second-order valence-electron chi connectivity index (χ2n) is 4.71. The number of para-hydroxylation sites is 1. The van der Waals surface area contributed by atoms with Gasteiger partial charge in [-0.25, -0.2) is 4.79 Å². The minimum atomic E-state index is -0.327. The van der Waals surface area contributed by atoms with E-state index < -0.39 is 0 Å². The number of carbonyl (C=O) groups is 1. The Morgan fingerprint density at radius 2 is 2.05 bits per heavy atom. The monoisotopic (exact) mass is 253 g/mol. The fourth-order valence-corrected chi connectivity index (χ4v) is 2.74. The van der Waals surface area contributed by atoms with E-state index in [-0.39, 0.29) is 5.97 Å². The van der Waals surface area contributed by atoms with Crippen LogP contribution >= 0.6 is 0 Å². The quantitative estimate of drug-likeness (QED) is 0.608. The topological polar surface area (TPSA) is 39.2 Å². The van der Waals surface area contributed by atoms with Gasteiger partial charge in [0.05, 0.1) is 17.3 Å². The molecule has 1 aliphatic rings. The molecule has 96 valence electrons. The van der Waals surface area contributed by atoms with Gasteiger partial charge in [-0.05, 0) is 37.3 Å². The number of hydrogen-bond donors (Lipinski definition) is 0. The number of rotatable bonds is 2. The van der Waals surface area contributed by atoms with Crippen molar-refractivity contribution < 1.29 is 9.53 Å². The van der Waals surface area contributed by atoms with Crippen molar-refractivity contribution >= 4 is 16.9 Å². The van der Waals surface area contributed by atoms with E-state index in [1.165, 1.54) is 6.26 Å². The van der Waals surface area contributed by atoms with E-state index in [2.05, 4.69) is 11.6 Å². The molecule has 2 aromatic rings. The van der Waals surface area contributed by atoms with Crippen molar-refractivity contribution in [3.05, 3.63) is 53.9 Å². The van der Waals surface area contributed by atoms with Crippen LogP contribution in [-0.2, 0) is 17.6 Å². The summed E-state index contributed by atoms with van der Waals surface area (Å²) in [6.07, 6.45) is 5.26. The molecule has 1 aromatic heterocycles. The van der Waals surface area contributed by atoms with Crippen LogP contribution in [0.2, 0.25) is 0 Å². The number of ether oxygens (including phenoxy) is 1. The molecule has 3 nitrogen and oxygen atoms in total. The Morgan fingerprint density at radius 1 is 1.26 bits per heavy atom. The molecule has 1 heterocycles. The summed E-state index contributed by atoms with van der Waals surface area (Å²) in [5.41, 5.74) is 3.62. The van der Waals surface area contributed by atoms with E-state index in [0.717, 1.165) is 47.8 Å². The van der Waals surface area contributed by atoms with Gasteiger partial charge in [0, 0.05) is 11.1 Å². The van der Waals surface area contributed by atoms with Gasteiger partial charge in [0.15, 0.2) is 0 Å². The lowest BCUT2D eigenvalue weighted by Gasteiger charge is -2.19. The molecule has 0 spiro atoms. The highest BCUT2D eigenvalue weighted by Crippen LogP contribution is 2.29. The van der Waals surface area contributed by atoms with Gasteiger partial charge in [0.2, 0.25) is 0 Å². The van der Waals surface area contributed by atoms with Gasteiger partial charge in [-0.15, -0.1) is 0 Å². The van der Waals surface area contributed by atoms with E-state index in [9.17, 15) is 4.79 Å². The normalized spacial score (nSPS) is 13.9. The smallest absolute Gasteiger partial charge is 0.343 e. The summed E-state index contributed by atoms with van der Waals surface area (Å²) in [4.78, 5) is 16.9. The third-order valence-electron chi connectivity index (χ3n) is 3.56. The number of pyridine rings is 1. The van der Waals surface area contributed by atoms with Crippen LogP contribution in [0.1, 0.15) is 34.5 Å². The van der Waals surface area contributed by atoms with Gasteiger partial charge in [-0.2, -0.15) is 0 Å². The Morgan fingerprint density at radius 3 is 2.89 bits per heavy atom. The second-order valence-corrected chi connectivity index (χ2v) is 4.71. The zero-order chi connectivity index (χ0) is 13.2. The van der Waals surface area contributed by atoms with E-state index in [4.69, 9.17) is 4.74 Å². The summed E-state index contributed by atoms with van der Waals surface area (Å²) < 4.78 is 5.00. The summed E-state index contributed by atoms with van der Waals surface area (Å²) in [6.45, 7) is 3.46. The molecule has 0 amide bonds. The van der Waals surface area contributed by atoms with Crippen molar-refractivity contribution in [2.24, 2.45) is 0 Å². The van der Waals surface area contributed by atoms with Crippen LogP contribution in [0.25, 0.3) is 10.9 Å². The molecule has 1 aromatic carbocycles. The van der Waals surface area contributed by atoms with Gasteiger partial charge in [-0.1, -0.05) is 24.8 Å². The molecule has 0 bridgehead atoms. The summed E-state index contributed by atoms with van der Waals surface area (Å²) in [5.74, 6) is -0.327. The molecule has 0 aliphatic heterocycles. The highest BCUT2D eigenvalue weighted by molar-refractivity contribution is 6.05. The Labute approximate surface area is 111 Å². The summed E-state index contributed by atoms with van der Waals surface area (Å²) >= 11 is 0. The molecule has 0 atom stereocenters. The largest absolute Gasteiger partial charge is 0.432 e. The third kappa shape index (κ3) is 2.01. The molecule has 3 heteroatoms. The molecular weight excluding hydrogens is 238 g/mol. The first-order valence-electron chi connectivity index (χ1n) is 6.53. The summed E-state index contributed by atoms with van der Waals surface area (Å²) in [5, 5.41) is 0.870. The molecule has 0 saturated carbocycles. The van der Waals surface area contributed by atoms with Gasteiger partial charge in [0.25, 0.3) is 0 Å². The fourth-order valence-electron chi connectivity index (χ4n) is 2.74. The highest BCUT2D eigenvalue weighted by atomic mass is 16.5. The zero-order valence-electron chi connectivity index (χ0n) is 10.7. The van der Waals surface area contributed by atoms with Gasteiger partial charge in [0.1, 0.15) is 0 Å². The third-order valence-corrected chi connectivity index (χ3v) is 3.56. The van der Waals surface area contributed by atoms with Crippen molar-refractivity contribution in [3.63, 3.8) is 0 Å². The molecule has 0 unspecified atom stereocenters.